The highest BCUT2D eigenvalue weighted by Gasteiger charge is 2.27. The number of amides is 1. The Labute approximate surface area is 224 Å². The van der Waals surface area contributed by atoms with Crippen molar-refractivity contribution in [1.82, 2.24) is 14.8 Å². The van der Waals surface area contributed by atoms with Gasteiger partial charge in [-0.2, -0.15) is 0 Å². The van der Waals surface area contributed by atoms with Crippen molar-refractivity contribution in [2.75, 3.05) is 24.3 Å². The predicted octanol–water partition coefficient (Wildman–Crippen LogP) is 4.70. The van der Waals surface area contributed by atoms with Gasteiger partial charge in [0, 0.05) is 13.0 Å². The number of nitrogens with zero attached hydrogens (tertiary/aromatic N) is 3. The third-order valence-corrected chi connectivity index (χ3v) is 7.41. The number of carbonyl (C=O) groups excluding carboxylic acids is 3. The number of thioether (sulfide) groups is 1. The molecule has 0 saturated heterocycles. The maximum absolute atomic E-state index is 12.9. The molecule has 0 unspecified atom stereocenters. The number of nitrogens with one attached hydrogen (secondary N) is 1. The molecule has 9 nitrogen and oxygen atoms in total. The Kier molecular flexibility index (Phi) is 10.5. The van der Waals surface area contributed by atoms with Gasteiger partial charge in [0.15, 0.2) is 5.16 Å². The Morgan fingerprint density at radius 3 is 2.46 bits per heavy atom. The van der Waals surface area contributed by atoms with Crippen LogP contribution in [-0.4, -0.2) is 51.6 Å². The van der Waals surface area contributed by atoms with Crippen molar-refractivity contribution in [3.05, 3.63) is 70.4 Å². The van der Waals surface area contributed by atoms with Gasteiger partial charge in [-0.15, -0.1) is 28.1 Å². The van der Waals surface area contributed by atoms with Gasteiger partial charge in [0.25, 0.3) is 0 Å². The van der Waals surface area contributed by atoms with E-state index in [1.807, 2.05) is 22.8 Å². The number of carbonyl (C=O) groups is 3. The summed E-state index contributed by atoms with van der Waals surface area (Å²) in [5.74, 6) is -0.674. The molecular weight excluding hydrogens is 512 g/mol. The van der Waals surface area contributed by atoms with Crippen molar-refractivity contribution in [3.63, 3.8) is 0 Å². The molecule has 37 heavy (non-hydrogen) atoms. The second-order valence-corrected chi connectivity index (χ2v) is 9.78. The zero-order valence-electron chi connectivity index (χ0n) is 21.1. The van der Waals surface area contributed by atoms with E-state index in [0.717, 1.165) is 23.6 Å². The van der Waals surface area contributed by atoms with Crippen LogP contribution in [-0.2, 0) is 33.7 Å². The molecule has 1 amide bonds. The minimum atomic E-state index is -0.608. The Bertz CT molecular complexity index is 1250. The zero-order chi connectivity index (χ0) is 26.8. The summed E-state index contributed by atoms with van der Waals surface area (Å²) in [6, 6.07) is 10.1. The highest BCUT2D eigenvalue weighted by atomic mass is 32.2. The monoisotopic (exact) mass is 542 g/mol. The molecule has 1 aromatic carbocycles. The van der Waals surface area contributed by atoms with Gasteiger partial charge < -0.3 is 19.4 Å². The number of esters is 2. The van der Waals surface area contributed by atoms with Crippen molar-refractivity contribution in [1.29, 1.82) is 0 Å². The maximum Gasteiger partial charge on any atom is 0.348 e. The van der Waals surface area contributed by atoms with Crippen molar-refractivity contribution >= 4 is 45.9 Å². The fourth-order valence-corrected chi connectivity index (χ4v) is 5.43. The molecule has 2 aromatic heterocycles. The zero-order valence-corrected chi connectivity index (χ0v) is 22.7. The molecule has 0 bridgehead atoms. The second-order valence-electron chi connectivity index (χ2n) is 7.82. The number of hydrogen-bond donors (Lipinski definition) is 1. The van der Waals surface area contributed by atoms with Gasteiger partial charge in [0.1, 0.15) is 15.7 Å². The van der Waals surface area contributed by atoms with Gasteiger partial charge >= 0.3 is 11.9 Å². The van der Waals surface area contributed by atoms with Crippen LogP contribution < -0.4 is 5.32 Å². The van der Waals surface area contributed by atoms with Crippen LogP contribution in [0, 0.1) is 6.92 Å². The van der Waals surface area contributed by atoms with Gasteiger partial charge in [-0.1, -0.05) is 48.2 Å². The number of hydrogen-bond acceptors (Lipinski definition) is 9. The quantitative estimate of drug-likeness (QED) is 0.188. The number of aromatic nitrogens is 3. The number of aryl methyl sites for hydroxylation is 2. The van der Waals surface area contributed by atoms with Gasteiger partial charge in [-0.3, -0.25) is 4.79 Å². The number of thiophene rings is 1. The van der Waals surface area contributed by atoms with Crippen LogP contribution in [0.3, 0.4) is 0 Å². The second kappa shape index (κ2) is 13.8. The van der Waals surface area contributed by atoms with E-state index in [9.17, 15) is 14.4 Å². The lowest BCUT2D eigenvalue weighted by Crippen LogP contribution is -2.17. The van der Waals surface area contributed by atoms with Crippen LogP contribution in [0.5, 0.6) is 0 Å². The van der Waals surface area contributed by atoms with E-state index >= 15 is 0 Å². The van der Waals surface area contributed by atoms with Crippen LogP contribution >= 0.6 is 23.1 Å². The summed E-state index contributed by atoms with van der Waals surface area (Å²) in [5.41, 5.74) is 1.78. The minimum Gasteiger partial charge on any atom is -0.462 e. The standard InChI is InChI=1S/C26H30N4O5S2/c1-5-15-30-19(14-13-18-11-9-8-10-12-18)28-29-26(30)36-16-20(31)27-23-21(24(32)34-6-2)17(4)22(37-23)25(33)35-7-3/h5,8-12H,1,6-7,13-16H2,2-4H3,(H,27,31). The van der Waals surface area contributed by atoms with Crippen molar-refractivity contribution in [2.45, 2.75) is 45.3 Å². The molecule has 196 valence electrons. The average molecular weight is 543 g/mol. The minimum absolute atomic E-state index is 0.0297. The van der Waals surface area contributed by atoms with Crippen LogP contribution in [0.1, 0.15) is 50.8 Å². The first-order valence-electron chi connectivity index (χ1n) is 11.9. The van der Waals surface area contributed by atoms with E-state index in [0.29, 0.717) is 23.7 Å². The van der Waals surface area contributed by atoms with E-state index < -0.39 is 11.9 Å². The van der Waals surface area contributed by atoms with Crippen LogP contribution in [0.2, 0.25) is 0 Å². The Balaban J connectivity index is 1.72. The molecule has 0 aliphatic heterocycles. The lowest BCUT2D eigenvalue weighted by molar-refractivity contribution is -0.113. The molecule has 0 atom stereocenters. The number of benzene rings is 1. The molecule has 0 aliphatic rings. The summed E-state index contributed by atoms with van der Waals surface area (Å²) >= 11 is 2.23. The third-order valence-electron chi connectivity index (χ3n) is 5.26. The summed E-state index contributed by atoms with van der Waals surface area (Å²) in [4.78, 5) is 38.0. The van der Waals surface area contributed by atoms with E-state index in [4.69, 9.17) is 9.47 Å². The van der Waals surface area contributed by atoms with E-state index in [1.165, 1.54) is 17.3 Å². The van der Waals surface area contributed by atoms with E-state index in [2.05, 4.69) is 34.2 Å². The molecule has 2 heterocycles. The first-order chi connectivity index (χ1) is 17.9. The molecule has 1 N–H and O–H groups in total. The van der Waals surface area contributed by atoms with Crippen LogP contribution in [0.25, 0.3) is 0 Å². The third kappa shape index (κ3) is 7.30. The van der Waals surface area contributed by atoms with E-state index in [1.54, 1.807) is 26.8 Å². The molecule has 0 aliphatic carbocycles. The fourth-order valence-electron chi connectivity index (χ4n) is 3.56. The Morgan fingerprint density at radius 1 is 1.08 bits per heavy atom. The molecule has 0 fully saturated rings. The van der Waals surface area contributed by atoms with Crippen LogP contribution in [0.15, 0.2) is 48.1 Å². The summed E-state index contributed by atoms with van der Waals surface area (Å²) in [6.45, 7) is 9.72. The highest BCUT2D eigenvalue weighted by molar-refractivity contribution is 7.99. The van der Waals surface area contributed by atoms with Gasteiger partial charge in [-0.05, 0) is 38.3 Å². The molecule has 0 radical (unpaired) electrons. The summed E-state index contributed by atoms with van der Waals surface area (Å²) in [6.07, 6.45) is 3.28. The van der Waals surface area contributed by atoms with Gasteiger partial charge in [0.05, 0.1) is 24.5 Å². The highest BCUT2D eigenvalue weighted by Crippen LogP contribution is 2.34. The number of allylic oxidation sites excluding steroid dienone is 1. The molecule has 3 rings (SSSR count). The lowest BCUT2D eigenvalue weighted by atomic mass is 10.1. The smallest absolute Gasteiger partial charge is 0.348 e. The first kappa shape index (κ1) is 28.1. The molecular formula is C26H30N4O5S2. The van der Waals surface area contributed by atoms with Crippen molar-refractivity contribution in [2.24, 2.45) is 0 Å². The maximum atomic E-state index is 12.9. The summed E-state index contributed by atoms with van der Waals surface area (Å²) < 4.78 is 12.2. The molecule has 11 heteroatoms. The number of rotatable bonds is 13. The summed E-state index contributed by atoms with van der Waals surface area (Å²) in [7, 11) is 0. The van der Waals surface area contributed by atoms with Gasteiger partial charge in [0.2, 0.25) is 5.91 Å². The normalized spacial score (nSPS) is 10.7. The lowest BCUT2D eigenvalue weighted by Gasteiger charge is -2.09. The number of anilines is 1. The topological polar surface area (TPSA) is 112 Å². The largest absolute Gasteiger partial charge is 0.462 e. The van der Waals surface area contributed by atoms with E-state index in [-0.39, 0.29) is 40.3 Å². The SMILES string of the molecule is C=CCn1c(CCc2ccccc2)nnc1SCC(=O)Nc1sc(C(=O)OCC)c(C)c1C(=O)OCC. The van der Waals surface area contributed by atoms with Crippen molar-refractivity contribution < 1.29 is 23.9 Å². The fraction of sp³-hybridized carbons (Fsp3) is 0.346. The predicted molar refractivity (Wildman–Crippen MR) is 144 cm³/mol. The van der Waals surface area contributed by atoms with Crippen molar-refractivity contribution in [3.8, 4) is 0 Å². The summed E-state index contributed by atoms with van der Waals surface area (Å²) in [5, 5.41) is 12.2. The Hall–Kier alpha value is -3.44. The first-order valence-corrected chi connectivity index (χ1v) is 13.7. The molecule has 0 spiro atoms. The van der Waals surface area contributed by atoms with Crippen LogP contribution in [0.4, 0.5) is 5.00 Å². The van der Waals surface area contributed by atoms with Gasteiger partial charge in [-0.25, -0.2) is 9.59 Å². The average Bonchev–Trinajstić information content (AvgIpc) is 3.42. The molecule has 0 saturated carbocycles. The Morgan fingerprint density at radius 2 is 1.78 bits per heavy atom. The molecule has 3 aromatic rings. The number of ether oxygens (including phenoxy) is 2.